The monoisotopic (exact) mass is 542 g/mol. The highest BCUT2D eigenvalue weighted by Gasteiger charge is 2.35. The molecule has 3 aromatic rings. The second kappa shape index (κ2) is 11.8. The van der Waals surface area contributed by atoms with Crippen molar-refractivity contribution in [3.63, 3.8) is 0 Å². The van der Waals surface area contributed by atoms with Crippen LogP contribution in [0.15, 0.2) is 66.7 Å². The Kier molecular flexibility index (Phi) is 9.03. The van der Waals surface area contributed by atoms with Crippen LogP contribution in [0.25, 0.3) is 0 Å². The molecule has 0 radical (unpaired) electrons. The second-order valence-electron chi connectivity index (χ2n) is 8.96. The number of carbonyl (C=O) groups is 2. The van der Waals surface area contributed by atoms with Gasteiger partial charge in [-0.3, -0.25) is 4.79 Å². The SMILES string of the molecule is C[C@H](NC(=O)C(C)(C)OC(=O)c1ccc(Cl)cc1Cl)[C@@H](Cc1ccc(Cl)cc1)c1cccc(C#N)c1. The number of esters is 1. The molecule has 0 aliphatic rings. The van der Waals surface area contributed by atoms with Gasteiger partial charge in [0.1, 0.15) is 0 Å². The van der Waals surface area contributed by atoms with Crippen LogP contribution in [-0.2, 0) is 16.0 Å². The lowest BCUT2D eigenvalue weighted by molar-refractivity contribution is -0.138. The summed E-state index contributed by atoms with van der Waals surface area (Å²) in [5.41, 5.74) is 1.09. The third kappa shape index (κ3) is 7.01. The standard InChI is InChI=1S/C28H25Cl3N2O3/c1-17(33-27(35)28(2,3)36-26(34)23-12-11-22(30)15-25(23)31)24(14-18-7-9-21(29)10-8-18)20-6-4-5-19(13-20)16-32/h4-13,15,17,24H,14H2,1-3H3,(H,33,35)/t17-,24+/m0/s1. The van der Waals surface area contributed by atoms with Crippen LogP contribution in [0.4, 0.5) is 0 Å². The van der Waals surface area contributed by atoms with Gasteiger partial charge in [-0.15, -0.1) is 0 Å². The van der Waals surface area contributed by atoms with Crippen LogP contribution in [-0.4, -0.2) is 23.5 Å². The van der Waals surface area contributed by atoms with E-state index in [1.165, 1.54) is 32.0 Å². The Hall–Kier alpha value is -3.04. The summed E-state index contributed by atoms with van der Waals surface area (Å²) in [4.78, 5) is 25.9. The molecule has 5 nitrogen and oxygen atoms in total. The van der Waals surface area contributed by atoms with Crippen LogP contribution in [0.5, 0.6) is 0 Å². The Labute approximate surface area is 225 Å². The molecule has 1 N–H and O–H groups in total. The molecule has 0 aromatic heterocycles. The van der Waals surface area contributed by atoms with Gasteiger partial charge in [-0.1, -0.05) is 59.1 Å². The van der Waals surface area contributed by atoms with E-state index in [1.54, 1.807) is 6.07 Å². The van der Waals surface area contributed by atoms with Crippen molar-refractivity contribution in [2.75, 3.05) is 0 Å². The van der Waals surface area contributed by atoms with E-state index in [1.807, 2.05) is 49.4 Å². The molecular formula is C28H25Cl3N2O3. The highest BCUT2D eigenvalue weighted by Crippen LogP contribution is 2.28. The third-order valence-corrected chi connectivity index (χ3v) is 6.62. The zero-order valence-corrected chi connectivity index (χ0v) is 22.3. The molecule has 0 unspecified atom stereocenters. The van der Waals surface area contributed by atoms with Crippen molar-refractivity contribution in [1.82, 2.24) is 5.32 Å². The third-order valence-electron chi connectivity index (χ3n) is 5.82. The summed E-state index contributed by atoms with van der Waals surface area (Å²) in [6, 6.07) is 21.0. The van der Waals surface area contributed by atoms with E-state index in [-0.39, 0.29) is 22.5 Å². The van der Waals surface area contributed by atoms with E-state index in [0.717, 1.165) is 11.1 Å². The summed E-state index contributed by atoms with van der Waals surface area (Å²) in [5.74, 6) is -1.37. The maximum atomic E-state index is 13.2. The molecule has 0 bridgehead atoms. The summed E-state index contributed by atoms with van der Waals surface area (Å²) >= 11 is 18.1. The minimum Gasteiger partial charge on any atom is -0.446 e. The van der Waals surface area contributed by atoms with E-state index < -0.39 is 17.5 Å². The first kappa shape index (κ1) is 27.5. The van der Waals surface area contributed by atoms with E-state index in [4.69, 9.17) is 39.5 Å². The number of benzene rings is 3. The zero-order chi connectivity index (χ0) is 26.5. The van der Waals surface area contributed by atoms with Gasteiger partial charge in [0.05, 0.1) is 22.2 Å². The summed E-state index contributed by atoms with van der Waals surface area (Å²) in [6.45, 7) is 4.91. The molecule has 0 fully saturated rings. The van der Waals surface area contributed by atoms with Gasteiger partial charge in [-0.05, 0) is 80.8 Å². The van der Waals surface area contributed by atoms with E-state index in [9.17, 15) is 14.9 Å². The van der Waals surface area contributed by atoms with Gasteiger partial charge < -0.3 is 10.1 Å². The maximum Gasteiger partial charge on any atom is 0.340 e. The fraction of sp³-hybridized carbons (Fsp3) is 0.250. The van der Waals surface area contributed by atoms with Crippen molar-refractivity contribution in [3.8, 4) is 6.07 Å². The Morgan fingerprint density at radius 2 is 1.67 bits per heavy atom. The van der Waals surface area contributed by atoms with Crippen LogP contribution in [0.1, 0.15) is 53.7 Å². The molecule has 2 atom stereocenters. The van der Waals surface area contributed by atoms with Crippen molar-refractivity contribution < 1.29 is 14.3 Å². The quantitative estimate of drug-likeness (QED) is 0.311. The van der Waals surface area contributed by atoms with Gasteiger partial charge in [-0.25, -0.2) is 4.79 Å². The summed E-state index contributed by atoms with van der Waals surface area (Å²) in [6.07, 6.45) is 0.591. The molecular weight excluding hydrogens is 519 g/mol. The van der Waals surface area contributed by atoms with Gasteiger partial charge in [-0.2, -0.15) is 5.26 Å². The summed E-state index contributed by atoms with van der Waals surface area (Å²) in [5, 5.41) is 13.5. The van der Waals surface area contributed by atoms with Crippen molar-refractivity contribution in [1.29, 1.82) is 5.26 Å². The summed E-state index contributed by atoms with van der Waals surface area (Å²) in [7, 11) is 0. The van der Waals surface area contributed by atoms with Crippen molar-refractivity contribution in [3.05, 3.63) is 104 Å². The Morgan fingerprint density at radius 3 is 2.31 bits per heavy atom. The lowest BCUT2D eigenvalue weighted by atomic mass is 9.85. The maximum absolute atomic E-state index is 13.2. The van der Waals surface area contributed by atoms with Gasteiger partial charge in [0.2, 0.25) is 0 Å². The van der Waals surface area contributed by atoms with E-state index >= 15 is 0 Å². The lowest BCUT2D eigenvalue weighted by Crippen LogP contribution is -2.50. The van der Waals surface area contributed by atoms with Gasteiger partial charge in [0.25, 0.3) is 5.91 Å². The number of halogens is 3. The Balaban J connectivity index is 1.80. The molecule has 0 heterocycles. The highest BCUT2D eigenvalue weighted by atomic mass is 35.5. The molecule has 0 saturated carbocycles. The number of hydrogen-bond acceptors (Lipinski definition) is 4. The predicted molar refractivity (Wildman–Crippen MR) is 143 cm³/mol. The van der Waals surface area contributed by atoms with E-state index in [0.29, 0.717) is 22.0 Å². The number of nitrogens with one attached hydrogen (secondary N) is 1. The zero-order valence-electron chi connectivity index (χ0n) is 20.0. The topological polar surface area (TPSA) is 79.2 Å². The molecule has 0 aliphatic heterocycles. The van der Waals surface area contributed by atoms with Gasteiger partial charge >= 0.3 is 5.97 Å². The van der Waals surface area contributed by atoms with Crippen LogP contribution in [0.2, 0.25) is 15.1 Å². The molecule has 3 aromatic carbocycles. The normalized spacial score (nSPS) is 12.8. The molecule has 186 valence electrons. The second-order valence-corrected chi connectivity index (χ2v) is 10.2. The number of carbonyl (C=O) groups excluding carboxylic acids is 2. The van der Waals surface area contributed by atoms with Crippen LogP contribution < -0.4 is 5.32 Å². The Bertz CT molecular complexity index is 1300. The largest absolute Gasteiger partial charge is 0.446 e. The lowest BCUT2D eigenvalue weighted by Gasteiger charge is -2.30. The number of nitriles is 1. The van der Waals surface area contributed by atoms with Crippen molar-refractivity contribution in [2.24, 2.45) is 0 Å². The van der Waals surface area contributed by atoms with E-state index in [2.05, 4.69) is 11.4 Å². The first-order chi connectivity index (χ1) is 17.0. The number of hydrogen-bond donors (Lipinski definition) is 1. The molecule has 3 rings (SSSR count). The first-order valence-electron chi connectivity index (χ1n) is 11.2. The molecule has 0 saturated heterocycles. The number of amides is 1. The smallest absolute Gasteiger partial charge is 0.340 e. The average Bonchev–Trinajstić information content (AvgIpc) is 2.83. The molecule has 8 heteroatoms. The number of ether oxygens (including phenoxy) is 1. The fourth-order valence-electron chi connectivity index (χ4n) is 3.77. The molecule has 0 spiro atoms. The highest BCUT2D eigenvalue weighted by molar-refractivity contribution is 6.36. The Morgan fingerprint density at radius 1 is 1.00 bits per heavy atom. The van der Waals surface area contributed by atoms with Crippen molar-refractivity contribution in [2.45, 2.75) is 44.8 Å². The molecule has 0 aliphatic carbocycles. The molecule has 1 amide bonds. The predicted octanol–water partition coefficient (Wildman–Crippen LogP) is 6.99. The van der Waals surface area contributed by atoms with Crippen LogP contribution in [0, 0.1) is 11.3 Å². The number of nitrogens with zero attached hydrogens (tertiary/aromatic N) is 1. The van der Waals surface area contributed by atoms with Gasteiger partial charge in [0, 0.05) is 22.0 Å². The van der Waals surface area contributed by atoms with Gasteiger partial charge in [0.15, 0.2) is 5.60 Å². The minimum absolute atomic E-state index is 0.115. The number of rotatable bonds is 8. The minimum atomic E-state index is -1.48. The average molecular weight is 544 g/mol. The molecule has 36 heavy (non-hydrogen) atoms. The first-order valence-corrected chi connectivity index (χ1v) is 12.4. The van der Waals surface area contributed by atoms with Crippen LogP contribution >= 0.6 is 34.8 Å². The van der Waals surface area contributed by atoms with Crippen molar-refractivity contribution >= 4 is 46.7 Å². The summed E-state index contributed by atoms with van der Waals surface area (Å²) < 4.78 is 5.52. The fourth-order valence-corrected chi connectivity index (χ4v) is 4.38. The van der Waals surface area contributed by atoms with Crippen LogP contribution in [0.3, 0.4) is 0 Å².